The number of hydrogen-bond donors (Lipinski definition) is 0. The maximum absolute atomic E-state index is 13.1. The molecule has 1 amide bonds. The van der Waals surface area contributed by atoms with Crippen molar-refractivity contribution < 1.29 is 19.1 Å². The van der Waals surface area contributed by atoms with Crippen LogP contribution in [-0.4, -0.2) is 41.1 Å². The number of piperidine rings is 1. The number of hydrogen-bond acceptors (Lipinski definition) is 4. The van der Waals surface area contributed by atoms with Crippen molar-refractivity contribution in [3.63, 3.8) is 0 Å². The summed E-state index contributed by atoms with van der Waals surface area (Å²) >= 11 is 0. The Morgan fingerprint density at radius 1 is 1.14 bits per heavy atom. The zero-order valence-corrected chi connectivity index (χ0v) is 17.6. The highest BCUT2D eigenvalue weighted by atomic mass is 16.6. The van der Waals surface area contributed by atoms with Crippen LogP contribution < -0.4 is 4.74 Å². The van der Waals surface area contributed by atoms with E-state index in [-0.39, 0.29) is 17.3 Å². The molecule has 2 aliphatic rings. The number of ketones is 1. The first kappa shape index (κ1) is 20.3. The Hall–Kier alpha value is -2.48. The third-order valence-electron chi connectivity index (χ3n) is 4.75. The Morgan fingerprint density at radius 2 is 1.79 bits per heavy atom. The number of carbonyl (C=O) groups is 2. The summed E-state index contributed by atoms with van der Waals surface area (Å²) in [7, 11) is 0. The maximum Gasteiger partial charge on any atom is 0.410 e. The second kappa shape index (κ2) is 6.84. The average molecular weight is 383 g/mol. The summed E-state index contributed by atoms with van der Waals surface area (Å²) < 4.78 is 11.5. The monoisotopic (exact) mass is 383 g/mol. The van der Waals surface area contributed by atoms with E-state index in [1.807, 2.05) is 39.0 Å². The van der Waals surface area contributed by atoms with Gasteiger partial charge in [0, 0.05) is 36.9 Å². The zero-order valence-electron chi connectivity index (χ0n) is 17.6. The number of rotatable bonds is 0. The standard InChI is InChI=1S/C23H29NO4/c1-21(2,3)10-9-16-7-8-18-17(15-16)19(25)23(27-18)11-13-24(14-12-23)20(26)28-22(4,5)6/h7-8,15H,11-14H2,1-6H3. The second-order valence-corrected chi connectivity index (χ2v) is 9.60. The first-order chi connectivity index (χ1) is 12.9. The number of Topliss-reactive ketones (excluding diaryl/α,β-unsaturated/α-hetero) is 1. The molecule has 0 N–H and O–H groups in total. The molecule has 1 aromatic rings. The first-order valence-corrected chi connectivity index (χ1v) is 9.78. The fourth-order valence-corrected chi connectivity index (χ4v) is 3.34. The molecular weight excluding hydrogens is 354 g/mol. The normalized spacial score (nSPS) is 18.2. The van der Waals surface area contributed by atoms with Crippen molar-refractivity contribution in [1.82, 2.24) is 4.90 Å². The predicted octanol–water partition coefficient (Wildman–Crippen LogP) is 4.43. The minimum Gasteiger partial charge on any atom is -0.478 e. The minimum atomic E-state index is -0.878. The number of carbonyl (C=O) groups excluding carboxylic acids is 2. The lowest BCUT2D eigenvalue weighted by molar-refractivity contribution is -0.00474. The summed E-state index contributed by atoms with van der Waals surface area (Å²) in [4.78, 5) is 27.1. The van der Waals surface area contributed by atoms with Gasteiger partial charge in [-0.15, -0.1) is 0 Å². The third-order valence-corrected chi connectivity index (χ3v) is 4.75. The number of fused-ring (bicyclic) bond motifs is 1. The molecule has 1 fully saturated rings. The smallest absolute Gasteiger partial charge is 0.410 e. The van der Waals surface area contributed by atoms with Crippen LogP contribution in [0.2, 0.25) is 0 Å². The van der Waals surface area contributed by atoms with Crippen LogP contribution in [0, 0.1) is 17.3 Å². The van der Waals surface area contributed by atoms with Gasteiger partial charge in [0.25, 0.3) is 0 Å². The summed E-state index contributed by atoms with van der Waals surface area (Å²) in [6, 6.07) is 5.54. The van der Waals surface area contributed by atoms with E-state index in [9.17, 15) is 9.59 Å². The lowest BCUT2D eigenvalue weighted by Crippen LogP contribution is -2.52. The zero-order chi connectivity index (χ0) is 20.7. The van der Waals surface area contributed by atoms with Crippen LogP contribution in [0.15, 0.2) is 18.2 Å². The van der Waals surface area contributed by atoms with Gasteiger partial charge in [-0.1, -0.05) is 11.8 Å². The van der Waals surface area contributed by atoms with Gasteiger partial charge >= 0.3 is 6.09 Å². The van der Waals surface area contributed by atoms with Crippen LogP contribution in [0.25, 0.3) is 0 Å². The van der Waals surface area contributed by atoms with Crippen LogP contribution in [-0.2, 0) is 4.74 Å². The molecular formula is C23H29NO4. The number of ether oxygens (including phenoxy) is 2. The van der Waals surface area contributed by atoms with E-state index in [4.69, 9.17) is 9.47 Å². The molecule has 1 spiro atoms. The highest BCUT2D eigenvalue weighted by Gasteiger charge is 2.50. The first-order valence-electron chi connectivity index (χ1n) is 9.78. The second-order valence-electron chi connectivity index (χ2n) is 9.60. The molecule has 0 radical (unpaired) electrons. The highest BCUT2D eigenvalue weighted by molar-refractivity contribution is 6.07. The van der Waals surface area contributed by atoms with Crippen molar-refractivity contribution in [3.05, 3.63) is 29.3 Å². The number of likely N-dealkylation sites (tertiary alicyclic amines) is 1. The summed E-state index contributed by atoms with van der Waals surface area (Å²) in [5.41, 5.74) is -0.112. The molecule has 0 aromatic heterocycles. The van der Waals surface area contributed by atoms with Crippen LogP contribution in [0.3, 0.4) is 0 Å². The molecule has 150 valence electrons. The Bertz CT molecular complexity index is 853. The Morgan fingerprint density at radius 3 is 2.36 bits per heavy atom. The molecule has 0 atom stereocenters. The lowest BCUT2D eigenvalue weighted by Gasteiger charge is -2.37. The topological polar surface area (TPSA) is 55.8 Å². The Labute approximate surface area is 167 Å². The van der Waals surface area contributed by atoms with Gasteiger partial charge in [-0.2, -0.15) is 0 Å². The SMILES string of the molecule is CC(C)(C)C#Cc1ccc2c(c1)C(=O)C1(CCN(C(=O)OC(C)(C)C)CC1)O2. The molecule has 2 aliphatic heterocycles. The van der Waals surface area contributed by atoms with Gasteiger partial charge in [0.2, 0.25) is 5.78 Å². The van der Waals surface area contributed by atoms with E-state index in [1.165, 1.54) is 0 Å². The fraction of sp³-hybridized carbons (Fsp3) is 0.565. The molecule has 1 saturated heterocycles. The highest BCUT2D eigenvalue weighted by Crippen LogP contribution is 2.41. The molecule has 0 saturated carbocycles. The Kier molecular flexibility index (Phi) is 4.95. The minimum absolute atomic E-state index is 0.00857. The molecule has 3 rings (SSSR count). The molecule has 0 unspecified atom stereocenters. The Balaban J connectivity index is 1.73. The molecule has 0 aliphatic carbocycles. The largest absolute Gasteiger partial charge is 0.478 e. The number of amides is 1. The van der Waals surface area contributed by atoms with Gasteiger partial charge in [-0.05, 0) is 59.7 Å². The molecule has 1 aromatic carbocycles. The van der Waals surface area contributed by atoms with Crippen molar-refractivity contribution in [1.29, 1.82) is 0 Å². The number of benzene rings is 1. The molecule has 5 heteroatoms. The van der Waals surface area contributed by atoms with Gasteiger partial charge in [0.1, 0.15) is 11.4 Å². The molecule has 5 nitrogen and oxygen atoms in total. The van der Waals surface area contributed by atoms with Crippen LogP contribution in [0.4, 0.5) is 4.79 Å². The van der Waals surface area contributed by atoms with Crippen molar-refractivity contribution in [2.75, 3.05) is 13.1 Å². The summed E-state index contributed by atoms with van der Waals surface area (Å²) in [5.74, 6) is 6.93. The predicted molar refractivity (Wildman–Crippen MR) is 108 cm³/mol. The van der Waals surface area contributed by atoms with E-state index in [1.54, 1.807) is 4.90 Å². The molecule has 0 bridgehead atoms. The van der Waals surface area contributed by atoms with E-state index in [0.29, 0.717) is 37.2 Å². The molecule has 2 heterocycles. The van der Waals surface area contributed by atoms with E-state index < -0.39 is 11.2 Å². The third kappa shape index (κ3) is 4.32. The quantitative estimate of drug-likeness (QED) is 0.622. The summed E-state index contributed by atoms with van der Waals surface area (Å²) in [5, 5.41) is 0. The van der Waals surface area contributed by atoms with Gasteiger partial charge in [-0.3, -0.25) is 4.79 Å². The lowest BCUT2D eigenvalue weighted by atomic mass is 9.85. The van der Waals surface area contributed by atoms with Gasteiger partial charge in [0.05, 0.1) is 5.56 Å². The average Bonchev–Trinajstić information content (AvgIpc) is 2.83. The van der Waals surface area contributed by atoms with Crippen molar-refractivity contribution in [2.45, 2.75) is 65.6 Å². The van der Waals surface area contributed by atoms with Crippen LogP contribution >= 0.6 is 0 Å². The van der Waals surface area contributed by atoms with Gasteiger partial charge in [-0.25, -0.2) is 4.79 Å². The molecule has 28 heavy (non-hydrogen) atoms. The van der Waals surface area contributed by atoms with Gasteiger partial charge in [0.15, 0.2) is 5.60 Å². The number of nitrogens with zero attached hydrogens (tertiary/aromatic N) is 1. The van der Waals surface area contributed by atoms with Gasteiger partial charge < -0.3 is 14.4 Å². The summed E-state index contributed by atoms with van der Waals surface area (Å²) in [6.45, 7) is 12.6. The van der Waals surface area contributed by atoms with Crippen molar-refractivity contribution in [3.8, 4) is 17.6 Å². The van der Waals surface area contributed by atoms with E-state index in [2.05, 4.69) is 32.6 Å². The fourth-order valence-electron chi connectivity index (χ4n) is 3.34. The van der Waals surface area contributed by atoms with Crippen molar-refractivity contribution >= 4 is 11.9 Å². The van der Waals surface area contributed by atoms with Crippen molar-refractivity contribution in [2.24, 2.45) is 5.41 Å². The van der Waals surface area contributed by atoms with E-state index in [0.717, 1.165) is 5.56 Å². The van der Waals surface area contributed by atoms with Crippen LogP contribution in [0.5, 0.6) is 5.75 Å². The van der Waals surface area contributed by atoms with Crippen LogP contribution in [0.1, 0.15) is 70.3 Å². The maximum atomic E-state index is 13.1. The summed E-state index contributed by atoms with van der Waals surface area (Å²) in [6.07, 6.45) is 0.580. The van der Waals surface area contributed by atoms with E-state index >= 15 is 0 Å².